The van der Waals surface area contributed by atoms with Gasteiger partial charge in [0.2, 0.25) is 6.79 Å². The molecule has 2 aliphatic rings. The molecule has 1 fully saturated rings. The second-order valence-corrected chi connectivity index (χ2v) is 9.87. The lowest BCUT2D eigenvalue weighted by molar-refractivity contribution is 0.0503. The Bertz CT molecular complexity index is 1100. The molecule has 0 aliphatic carbocycles. The standard InChI is InChI=1S/C28H38ClN5O4/c1-21-6-5-7-25(27(21)29)34-15-13-33(14-16-34)12-3-4-17-36-23-10-8-22-9-11-26(32-24(22)18-23)37-20-38-28(35)31-19-30-2/h5-8,10,18,30H,3-4,9,11-17,19-20H2,1-2H3,(H,31,35). The fourth-order valence-electron chi connectivity index (χ4n) is 4.56. The van der Waals surface area contributed by atoms with E-state index in [2.05, 4.69) is 56.6 Å². The SMILES string of the molecule is CNCNC(=O)OCOC1=Nc2cc(OCCCCN3CCN(c4cccc(C)c4Cl)CC3)ccc2CC1. The van der Waals surface area contributed by atoms with E-state index in [9.17, 15) is 4.79 Å². The number of ether oxygens (including phenoxy) is 3. The van der Waals surface area contributed by atoms with Gasteiger partial charge in [-0.3, -0.25) is 4.90 Å². The molecular weight excluding hydrogens is 506 g/mol. The molecule has 4 rings (SSSR count). The third-order valence-corrected chi connectivity index (χ3v) is 7.25. The third-order valence-electron chi connectivity index (χ3n) is 6.76. The van der Waals surface area contributed by atoms with Gasteiger partial charge in [-0.1, -0.05) is 29.8 Å². The highest BCUT2D eigenvalue weighted by Crippen LogP contribution is 2.31. The van der Waals surface area contributed by atoms with Crippen molar-refractivity contribution in [3.63, 3.8) is 0 Å². The second-order valence-electron chi connectivity index (χ2n) is 9.49. The molecule has 1 amide bonds. The first kappa shape index (κ1) is 28.0. The maximum Gasteiger partial charge on any atom is 0.411 e. The van der Waals surface area contributed by atoms with Gasteiger partial charge in [0.1, 0.15) is 5.75 Å². The number of anilines is 1. The van der Waals surface area contributed by atoms with Crippen molar-refractivity contribution in [2.75, 3.05) is 64.7 Å². The summed E-state index contributed by atoms with van der Waals surface area (Å²) in [4.78, 5) is 21.0. The molecule has 0 bridgehead atoms. The van der Waals surface area contributed by atoms with Crippen molar-refractivity contribution in [2.24, 2.45) is 4.99 Å². The van der Waals surface area contributed by atoms with Crippen molar-refractivity contribution in [1.29, 1.82) is 0 Å². The van der Waals surface area contributed by atoms with E-state index in [0.717, 1.165) is 85.3 Å². The number of benzene rings is 2. The van der Waals surface area contributed by atoms with E-state index in [0.29, 0.717) is 25.6 Å². The highest BCUT2D eigenvalue weighted by atomic mass is 35.5. The Balaban J connectivity index is 1.14. The maximum atomic E-state index is 11.5. The van der Waals surface area contributed by atoms with Gasteiger partial charge in [0.05, 0.1) is 29.7 Å². The summed E-state index contributed by atoms with van der Waals surface area (Å²) < 4.78 is 16.5. The molecule has 38 heavy (non-hydrogen) atoms. The molecular formula is C28H38ClN5O4. The van der Waals surface area contributed by atoms with Crippen LogP contribution in [-0.2, 0) is 15.9 Å². The van der Waals surface area contributed by atoms with E-state index in [1.165, 1.54) is 0 Å². The minimum atomic E-state index is -0.540. The summed E-state index contributed by atoms with van der Waals surface area (Å²) in [6, 6.07) is 12.3. The Labute approximate surface area is 230 Å². The third kappa shape index (κ3) is 7.99. The number of alkyl carbamates (subject to hydrolysis) is 1. The fourth-order valence-corrected chi connectivity index (χ4v) is 4.81. The van der Waals surface area contributed by atoms with Gasteiger partial charge in [0, 0.05) is 38.7 Å². The first-order valence-electron chi connectivity index (χ1n) is 13.3. The summed E-state index contributed by atoms with van der Waals surface area (Å²) in [7, 11) is 1.73. The zero-order valence-electron chi connectivity index (χ0n) is 22.3. The van der Waals surface area contributed by atoms with E-state index < -0.39 is 6.09 Å². The summed E-state index contributed by atoms with van der Waals surface area (Å²) in [6.45, 7) is 8.04. The van der Waals surface area contributed by atoms with Crippen molar-refractivity contribution < 1.29 is 19.0 Å². The molecule has 2 aliphatic heterocycles. The number of hydrogen-bond acceptors (Lipinski definition) is 8. The average molecular weight is 544 g/mol. The van der Waals surface area contributed by atoms with E-state index >= 15 is 0 Å². The number of aryl methyl sites for hydroxylation is 2. The van der Waals surface area contributed by atoms with Crippen LogP contribution < -0.4 is 20.3 Å². The van der Waals surface area contributed by atoms with Gasteiger partial charge in [-0.05, 0) is 63.0 Å². The van der Waals surface area contributed by atoms with Crippen LogP contribution in [0.2, 0.25) is 5.02 Å². The van der Waals surface area contributed by atoms with Gasteiger partial charge in [-0.15, -0.1) is 0 Å². The summed E-state index contributed by atoms with van der Waals surface area (Å²) >= 11 is 6.52. The lowest BCUT2D eigenvalue weighted by Crippen LogP contribution is -2.46. The average Bonchev–Trinajstić information content (AvgIpc) is 2.93. The van der Waals surface area contributed by atoms with Crippen LogP contribution in [-0.4, -0.2) is 76.7 Å². The van der Waals surface area contributed by atoms with Gasteiger partial charge in [0.15, 0.2) is 5.90 Å². The van der Waals surface area contributed by atoms with Crippen LogP contribution >= 0.6 is 11.6 Å². The van der Waals surface area contributed by atoms with E-state index in [4.69, 9.17) is 25.8 Å². The van der Waals surface area contributed by atoms with Crippen LogP contribution in [0.25, 0.3) is 0 Å². The van der Waals surface area contributed by atoms with E-state index in [-0.39, 0.29) is 6.79 Å². The Morgan fingerprint density at radius 1 is 1.08 bits per heavy atom. The maximum absolute atomic E-state index is 11.5. The number of carbonyl (C=O) groups excluding carboxylic acids is 1. The predicted octanol–water partition coefficient (Wildman–Crippen LogP) is 4.48. The summed E-state index contributed by atoms with van der Waals surface area (Å²) in [5, 5.41) is 6.21. The summed E-state index contributed by atoms with van der Waals surface area (Å²) in [6.07, 6.45) is 3.03. The smallest absolute Gasteiger partial charge is 0.411 e. The molecule has 2 aromatic rings. The van der Waals surface area contributed by atoms with Crippen molar-refractivity contribution in [3.8, 4) is 5.75 Å². The molecule has 0 spiro atoms. The quantitative estimate of drug-likeness (QED) is 0.319. The largest absolute Gasteiger partial charge is 0.494 e. The van der Waals surface area contributed by atoms with Crippen LogP contribution in [0.15, 0.2) is 41.4 Å². The van der Waals surface area contributed by atoms with Crippen LogP contribution in [0.3, 0.4) is 0 Å². The van der Waals surface area contributed by atoms with Crippen molar-refractivity contribution in [3.05, 3.63) is 52.5 Å². The summed E-state index contributed by atoms with van der Waals surface area (Å²) in [5.41, 5.74) is 4.27. The molecule has 2 aromatic carbocycles. The van der Waals surface area contributed by atoms with Gasteiger partial charge >= 0.3 is 6.09 Å². The van der Waals surface area contributed by atoms with Crippen molar-refractivity contribution in [2.45, 2.75) is 32.6 Å². The Hall–Kier alpha value is -3.01. The first-order valence-corrected chi connectivity index (χ1v) is 13.6. The molecule has 2 heterocycles. The number of amides is 1. The Morgan fingerprint density at radius 3 is 2.74 bits per heavy atom. The molecule has 10 heteroatoms. The number of unbranched alkanes of at least 4 members (excludes halogenated alkanes) is 1. The molecule has 0 unspecified atom stereocenters. The normalized spacial score (nSPS) is 15.4. The molecule has 0 aromatic heterocycles. The first-order chi connectivity index (χ1) is 18.5. The number of carbonyl (C=O) groups is 1. The number of nitrogens with zero attached hydrogens (tertiary/aromatic N) is 3. The summed E-state index contributed by atoms with van der Waals surface area (Å²) in [5.74, 6) is 1.36. The molecule has 0 saturated carbocycles. The Kier molecular flexibility index (Phi) is 10.5. The van der Waals surface area contributed by atoms with Crippen molar-refractivity contribution >= 4 is 35.0 Å². The number of rotatable bonds is 11. The predicted molar refractivity (Wildman–Crippen MR) is 151 cm³/mol. The van der Waals surface area contributed by atoms with Crippen LogP contribution in [0.1, 0.15) is 30.4 Å². The minimum Gasteiger partial charge on any atom is -0.494 e. The number of halogens is 1. The number of hydrogen-bond donors (Lipinski definition) is 2. The molecule has 2 N–H and O–H groups in total. The van der Waals surface area contributed by atoms with E-state index in [1.807, 2.05) is 12.1 Å². The Morgan fingerprint density at radius 2 is 1.92 bits per heavy atom. The molecule has 0 atom stereocenters. The van der Waals surface area contributed by atoms with E-state index in [1.54, 1.807) is 7.05 Å². The number of piperazine rings is 1. The van der Waals surface area contributed by atoms with Gasteiger partial charge < -0.3 is 29.7 Å². The fraction of sp³-hybridized carbons (Fsp3) is 0.500. The highest BCUT2D eigenvalue weighted by molar-refractivity contribution is 6.34. The number of aliphatic imine (C=N–C) groups is 1. The molecule has 0 radical (unpaired) electrons. The van der Waals surface area contributed by atoms with Crippen LogP contribution in [0, 0.1) is 6.92 Å². The number of fused-ring (bicyclic) bond motifs is 1. The monoisotopic (exact) mass is 543 g/mol. The lowest BCUT2D eigenvalue weighted by atomic mass is 10.0. The van der Waals surface area contributed by atoms with Crippen LogP contribution in [0.5, 0.6) is 5.75 Å². The van der Waals surface area contributed by atoms with Crippen molar-refractivity contribution in [1.82, 2.24) is 15.5 Å². The van der Waals surface area contributed by atoms with Crippen LogP contribution in [0.4, 0.5) is 16.2 Å². The number of nitrogens with one attached hydrogen (secondary N) is 2. The van der Waals surface area contributed by atoms with Gasteiger partial charge in [-0.2, -0.15) is 0 Å². The van der Waals surface area contributed by atoms with Gasteiger partial charge in [-0.25, -0.2) is 9.79 Å². The molecule has 206 valence electrons. The molecule has 1 saturated heterocycles. The second kappa shape index (κ2) is 14.2. The zero-order valence-corrected chi connectivity index (χ0v) is 23.1. The van der Waals surface area contributed by atoms with Gasteiger partial charge in [0.25, 0.3) is 0 Å². The zero-order chi connectivity index (χ0) is 26.7. The topological polar surface area (TPSA) is 87.7 Å². The molecule has 9 nitrogen and oxygen atoms in total. The minimum absolute atomic E-state index is 0.172. The highest BCUT2D eigenvalue weighted by Gasteiger charge is 2.19. The lowest BCUT2D eigenvalue weighted by Gasteiger charge is -2.36.